The standard InChI is InChI=1S/C17H8ClF9N4OS/c18-9-5-7(19)1-2-8(9)12-10(31-14(29-12)33-13(30-31)16(22,23)24)3-4-11(32)28-6-15(20,21)17(25,26)27/h1-5H,6H2,(H,28,32)/b4-3+. The first-order valence-corrected chi connectivity index (χ1v) is 9.62. The third-order valence-corrected chi connectivity index (χ3v) is 5.22. The SMILES string of the molecule is O=C(/C=C/c1c(-c2ccc(F)cc2Cl)nc2sc(C(F)(F)F)nn12)NCC(F)(F)C(F)(F)F. The molecule has 0 radical (unpaired) electrons. The molecule has 16 heteroatoms. The summed E-state index contributed by atoms with van der Waals surface area (Å²) in [6.07, 6.45) is -9.43. The number of hydrogen-bond donors (Lipinski definition) is 1. The van der Waals surface area contributed by atoms with E-state index in [-0.39, 0.29) is 38.3 Å². The molecule has 178 valence electrons. The number of rotatable bonds is 5. The summed E-state index contributed by atoms with van der Waals surface area (Å²) >= 11 is 6.09. The van der Waals surface area contributed by atoms with Crippen molar-refractivity contribution in [1.29, 1.82) is 0 Å². The molecule has 1 aromatic carbocycles. The van der Waals surface area contributed by atoms with Crippen molar-refractivity contribution in [2.24, 2.45) is 0 Å². The number of aromatic nitrogens is 3. The second-order valence-corrected chi connectivity index (χ2v) is 7.69. The van der Waals surface area contributed by atoms with Crippen LogP contribution in [0.4, 0.5) is 39.5 Å². The van der Waals surface area contributed by atoms with Crippen LogP contribution in [0.5, 0.6) is 0 Å². The number of fused-ring (bicyclic) bond motifs is 1. The maximum Gasteiger partial charge on any atom is 0.455 e. The molecule has 0 aliphatic carbocycles. The number of hydrogen-bond acceptors (Lipinski definition) is 4. The minimum Gasteiger partial charge on any atom is -0.346 e. The monoisotopic (exact) mass is 522 g/mol. The molecular weight excluding hydrogens is 515 g/mol. The summed E-state index contributed by atoms with van der Waals surface area (Å²) in [7, 11) is 0. The van der Waals surface area contributed by atoms with Crippen LogP contribution in [-0.4, -0.2) is 39.1 Å². The highest BCUT2D eigenvalue weighted by molar-refractivity contribution is 7.16. The highest BCUT2D eigenvalue weighted by atomic mass is 35.5. The van der Waals surface area contributed by atoms with Gasteiger partial charge in [-0.2, -0.15) is 35.1 Å². The largest absolute Gasteiger partial charge is 0.455 e. The third kappa shape index (κ3) is 5.24. The summed E-state index contributed by atoms with van der Waals surface area (Å²) in [6.45, 7) is -2.06. The average Bonchev–Trinajstić information content (AvgIpc) is 3.22. The molecule has 33 heavy (non-hydrogen) atoms. The Balaban J connectivity index is 2.00. The summed E-state index contributed by atoms with van der Waals surface area (Å²) in [5.41, 5.74) is -0.395. The third-order valence-electron chi connectivity index (χ3n) is 3.96. The first-order valence-electron chi connectivity index (χ1n) is 8.43. The van der Waals surface area contributed by atoms with Crippen molar-refractivity contribution in [1.82, 2.24) is 19.9 Å². The molecule has 0 unspecified atom stereocenters. The molecule has 0 atom stereocenters. The van der Waals surface area contributed by atoms with E-state index in [1.807, 2.05) is 0 Å². The van der Waals surface area contributed by atoms with Crippen molar-refractivity contribution >= 4 is 39.9 Å². The van der Waals surface area contributed by atoms with Crippen LogP contribution in [-0.2, 0) is 11.0 Å². The maximum atomic E-state index is 13.4. The smallest absolute Gasteiger partial charge is 0.346 e. The van der Waals surface area contributed by atoms with Gasteiger partial charge in [-0.25, -0.2) is 13.9 Å². The molecule has 3 rings (SSSR count). The van der Waals surface area contributed by atoms with E-state index >= 15 is 0 Å². The fourth-order valence-electron chi connectivity index (χ4n) is 2.42. The molecule has 0 saturated carbocycles. The molecule has 3 aromatic rings. The van der Waals surface area contributed by atoms with E-state index in [0.717, 1.165) is 24.3 Å². The quantitative estimate of drug-likeness (QED) is 0.351. The van der Waals surface area contributed by atoms with Gasteiger partial charge in [0.2, 0.25) is 15.9 Å². The van der Waals surface area contributed by atoms with E-state index in [0.29, 0.717) is 10.6 Å². The number of nitrogens with one attached hydrogen (secondary N) is 1. The van der Waals surface area contributed by atoms with Gasteiger partial charge in [-0.15, -0.1) is 5.10 Å². The summed E-state index contributed by atoms with van der Waals surface area (Å²) in [4.78, 5) is 15.4. The Hall–Kier alpha value is -2.81. The summed E-state index contributed by atoms with van der Waals surface area (Å²) < 4.78 is 116. The van der Waals surface area contributed by atoms with Gasteiger partial charge in [0.25, 0.3) is 0 Å². The van der Waals surface area contributed by atoms with E-state index in [9.17, 15) is 44.3 Å². The summed E-state index contributed by atoms with van der Waals surface area (Å²) in [5, 5.41) is 3.21. The summed E-state index contributed by atoms with van der Waals surface area (Å²) in [6, 6.07) is 3.01. The van der Waals surface area contributed by atoms with Gasteiger partial charge in [0.15, 0.2) is 0 Å². The first-order chi connectivity index (χ1) is 15.1. The second kappa shape index (κ2) is 8.52. The van der Waals surface area contributed by atoms with E-state index < -0.39 is 41.6 Å². The fourth-order valence-corrected chi connectivity index (χ4v) is 3.45. The van der Waals surface area contributed by atoms with Gasteiger partial charge >= 0.3 is 18.3 Å². The molecule has 0 fully saturated rings. The molecule has 0 aliphatic rings. The van der Waals surface area contributed by atoms with Crippen molar-refractivity contribution in [2.75, 3.05) is 6.54 Å². The Bertz CT molecular complexity index is 1230. The van der Waals surface area contributed by atoms with Crippen molar-refractivity contribution < 1.29 is 44.3 Å². The number of amides is 1. The molecule has 0 spiro atoms. The van der Waals surface area contributed by atoms with Crippen LogP contribution in [0.1, 0.15) is 10.7 Å². The van der Waals surface area contributed by atoms with Gasteiger partial charge in [0.1, 0.15) is 11.5 Å². The van der Waals surface area contributed by atoms with Crippen LogP contribution in [0.15, 0.2) is 24.3 Å². The Kier molecular flexibility index (Phi) is 6.41. The van der Waals surface area contributed by atoms with Gasteiger partial charge in [0, 0.05) is 11.6 Å². The lowest BCUT2D eigenvalue weighted by molar-refractivity contribution is -0.278. The van der Waals surface area contributed by atoms with Crippen molar-refractivity contribution in [3.8, 4) is 11.3 Å². The maximum absolute atomic E-state index is 13.4. The highest BCUT2D eigenvalue weighted by Gasteiger charge is 2.57. The van der Waals surface area contributed by atoms with Gasteiger partial charge < -0.3 is 5.32 Å². The van der Waals surface area contributed by atoms with E-state index in [4.69, 9.17) is 11.6 Å². The van der Waals surface area contributed by atoms with Gasteiger partial charge in [-0.1, -0.05) is 22.9 Å². The zero-order valence-electron chi connectivity index (χ0n) is 15.5. The average molecular weight is 523 g/mol. The first kappa shape index (κ1) is 24.8. The lowest BCUT2D eigenvalue weighted by atomic mass is 10.1. The van der Waals surface area contributed by atoms with Crippen molar-refractivity contribution in [3.05, 3.63) is 45.8 Å². The van der Waals surface area contributed by atoms with Crippen LogP contribution >= 0.6 is 22.9 Å². The van der Waals surface area contributed by atoms with Crippen LogP contribution < -0.4 is 5.32 Å². The number of imidazole rings is 1. The zero-order valence-corrected chi connectivity index (χ0v) is 17.1. The Morgan fingerprint density at radius 3 is 2.39 bits per heavy atom. The van der Waals surface area contributed by atoms with Crippen LogP contribution in [0.2, 0.25) is 5.02 Å². The summed E-state index contributed by atoms with van der Waals surface area (Å²) in [5.74, 6) is -7.34. The van der Waals surface area contributed by atoms with Crippen LogP contribution in [0.25, 0.3) is 22.3 Å². The molecule has 2 aromatic heterocycles. The van der Waals surface area contributed by atoms with Gasteiger partial charge in [-0.05, 0) is 24.3 Å². The van der Waals surface area contributed by atoms with Crippen LogP contribution in [0, 0.1) is 5.82 Å². The molecule has 1 amide bonds. The number of halogens is 10. The molecule has 0 saturated heterocycles. The molecular formula is C17H8ClF9N4OS. The Labute approximate surface area is 186 Å². The van der Waals surface area contributed by atoms with Crippen molar-refractivity contribution in [3.63, 3.8) is 0 Å². The van der Waals surface area contributed by atoms with Crippen LogP contribution in [0.3, 0.4) is 0 Å². The normalized spacial score (nSPS) is 13.3. The Morgan fingerprint density at radius 2 is 1.82 bits per heavy atom. The minimum atomic E-state index is -5.90. The topological polar surface area (TPSA) is 59.3 Å². The molecule has 0 bridgehead atoms. The molecule has 0 aliphatic heterocycles. The molecule has 2 heterocycles. The van der Waals surface area contributed by atoms with Crippen molar-refractivity contribution in [2.45, 2.75) is 18.3 Å². The Morgan fingerprint density at radius 1 is 1.15 bits per heavy atom. The lowest BCUT2D eigenvalue weighted by Crippen LogP contribution is -2.46. The lowest BCUT2D eigenvalue weighted by Gasteiger charge is -2.19. The fraction of sp³-hybridized carbons (Fsp3) is 0.235. The second-order valence-electron chi connectivity index (χ2n) is 6.32. The number of benzene rings is 1. The molecule has 1 N–H and O–H groups in total. The number of nitrogens with zero attached hydrogens (tertiary/aromatic N) is 3. The van der Waals surface area contributed by atoms with Gasteiger partial charge in [0.05, 0.1) is 17.3 Å². The number of carbonyl (C=O) groups excluding carboxylic acids is 1. The molecule has 5 nitrogen and oxygen atoms in total. The highest BCUT2D eigenvalue weighted by Crippen LogP contribution is 2.37. The minimum absolute atomic E-state index is 0.0352. The number of alkyl halides is 8. The predicted molar refractivity (Wildman–Crippen MR) is 99.3 cm³/mol. The predicted octanol–water partition coefficient (Wildman–Crippen LogP) is 5.60. The van der Waals surface area contributed by atoms with E-state index in [2.05, 4.69) is 10.1 Å². The van der Waals surface area contributed by atoms with E-state index in [1.54, 1.807) is 0 Å². The van der Waals surface area contributed by atoms with E-state index in [1.165, 1.54) is 5.32 Å². The zero-order chi connectivity index (χ0) is 24.8. The number of carbonyl (C=O) groups is 1. The van der Waals surface area contributed by atoms with Gasteiger partial charge in [-0.3, -0.25) is 4.79 Å².